The molecule has 2 N–H and O–H groups in total. The molecular weight excluding hydrogens is 286 g/mol. The van der Waals surface area contributed by atoms with E-state index in [0.29, 0.717) is 16.1 Å². The van der Waals surface area contributed by atoms with Crippen LogP contribution >= 0.6 is 11.8 Å². The van der Waals surface area contributed by atoms with E-state index in [1.54, 1.807) is 23.6 Å². The van der Waals surface area contributed by atoms with Crippen molar-refractivity contribution in [1.29, 1.82) is 0 Å². The summed E-state index contributed by atoms with van der Waals surface area (Å²) in [5.74, 6) is -0.418. The van der Waals surface area contributed by atoms with Gasteiger partial charge in [0.2, 0.25) is 5.91 Å². The van der Waals surface area contributed by atoms with Crippen LogP contribution in [0.15, 0.2) is 34.2 Å². The molecule has 1 amide bonds. The second kappa shape index (κ2) is 6.30. The van der Waals surface area contributed by atoms with Gasteiger partial charge in [0.1, 0.15) is 0 Å². The van der Waals surface area contributed by atoms with Gasteiger partial charge in [0.15, 0.2) is 5.16 Å². The van der Waals surface area contributed by atoms with Crippen molar-refractivity contribution in [2.75, 3.05) is 0 Å². The van der Waals surface area contributed by atoms with Gasteiger partial charge < -0.3 is 5.73 Å². The third-order valence-corrected chi connectivity index (χ3v) is 4.57. The van der Waals surface area contributed by atoms with Crippen LogP contribution in [0.2, 0.25) is 0 Å². The SMILES string of the molecule is CC[C@@H](C)n1c(S[C@@H](C)C(N)=O)nc2ccccc2c1=O. The van der Waals surface area contributed by atoms with Crippen LogP contribution < -0.4 is 11.3 Å². The molecule has 1 aromatic heterocycles. The molecule has 0 unspecified atom stereocenters. The zero-order chi connectivity index (χ0) is 15.6. The van der Waals surface area contributed by atoms with E-state index in [4.69, 9.17) is 5.73 Å². The molecule has 0 aliphatic heterocycles. The predicted molar refractivity (Wildman–Crippen MR) is 85.5 cm³/mol. The highest BCUT2D eigenvalue weighted by molar-refractivity contribution is 8.00. The van der Waals surface area contributed by atoms with E-state index in [-0.39, 0.29) is 11.6 Å². The van der Waals surface area contributed by atoms with Crippen LogP contribution in [-0.4, -0.2) is 20.7 Å². The number of nitrogens with two attached hydrogens (primary N) is 1. The van der Waals surface area contributed by atoms with Gasteiger partial charge in [0, 0.05) is 6.04 Å². The molecule has 0 aliphatic rings. The molecule has 0 bridgehead atoms. The molecule has 6 heteroatoms. The molecule has 0 saturated carbocycles. The summed E-state index contributed by atoms with van der Waals surface area (Å²) in [5, 5.41) is 0.696. The van der Waals surface area contributed by atoms with Crippen molar-refractivity contribution in [3.05, 3.63) is 34.6 Å². The summed E-state index contributed by atoms with van der Waals surface area (Å²) in [6.07, 6.45) is 0.804. The summed E-state index contributed by atoms with van der Waals surface area (Å²) >= 11 is 1.23. The highest BCUT2D eigenvalue weighted by Crippen LogP contribution is 2.25. The predicted octanol–water partition coefficient (Wildman–Crippen LogP) is 2.33. The van der Waals surface area contributed by atoms with Crippen LogP contribution in [0.1, 0.15) is 33.2 Å². The number of para-hydroxylation sites is 1. The maximum atomic E-state index is 12.7. The standard InChI is InChI=1S/C15H19N3O2S/c1-4-9(2)18-14(20)11-7-5-6-8-12(11)17-15(18)21-10(3)13(16)19/h5-10H,4H2,1-3H3,(H2,16,19)/t9-,10+/m1/s1. The van der Waals surface area contributed by atoms with Crippen molar-refractivity contribution in [2.24, 2.45) is 5.73 Å². The normalized spacial score (nSPS) is 14.0. The molecular formula is C15H19N3O2S. The number of carbonyl (C=O) groups is 1. The number of fused-ring (bicyclic) bond motifs is 1. The molecule has 2 aromatic rings. The van der Waals surface area contributed by atoms with Crippen molar-refractivity contribution in [3.63, 3.8) is 0 Å². The van der Waals surface area contributed by atoms with Crippen molar-refractivity contribution >= 4 is 28.6 Å². The van der Waals surface area contributed by atoms with E-state index in [1.165, 1.54) is 11.8 Å². The number of rotatable bonds is 5. The maximum absolute atomic E-state index is 12.7. The van der Waals surface area contributed by atoms with Crippen molar-refractivity contribution in [3.8, 4) is 0 Å². The summed E-state index contributed by atoms with van der Waals surface area (Å²) in [7, 11) is 0. The molecule has 0 aliphatic carbocycles. The van der Waals surface area contributed by atoms with E-state index >= 15 is 0 Å². The van der Waals surface area contributed by atoms with E-state index in [9.17, 15) is 9.59 Å². The topological polar surface area (TPSA) is 78.0 Å². The third kappa shape index (κ3) is 3.10. The van der Waals surface area contributed by atoms with E-state index in [1.807, 2.05) is 26.0 Å². The smallest absolute Gasteiger partial charge is 0.262 e. The molecule has 1 heterocycles. The van der Waals surface area contributed by atoms with Crippen molar-refractivity contribution in [1.82, 2.24) is 9.55 Å². The minimum atomic E-state index is -0.437. The molecule has 5 nitrogen and oxygen atoms in total. The van der Waals surface area contributed by atoms with E-state index in [2.05, 4.69) is 4.98 Å². The lowest BCUT2D eigenvalue weighted by Gasteiger charge is -2.19. The quantitative estimate of drug-likeness (QED) is 0.679. The summed E-state index contributed by atoms with van der Waals surface area (Å²) in [6, 6.07) is 7.25. The number of hydrogen-bond donors (Lipinski definition) is 1. The van der Waals surface area contributed by atoms with Gasteiger partial charge in [-0.3, -0.25) is 14.2 Å². The van der Waals surface area contributed by atoms with Crippen LogP contribution in [-0.2, 0) is 4.79 Å². The number of primary amides is 1. The fourth-order valence-electron chi connectivity index (χ4n) is 2.00. The fraction of sp³-hybridized carbons (Fsp3) is 0.400. The Morgan fingerprint density at radius 3 is 2.67 bits per heavy atom. The number of nitrogens with zero attached hydrogens (tertiary/aromatic N) is 2. The van der Waals surface area contributed by atoms with Crippen molar-refractivity contribution < 1.29 is 4.79 Å². The van der Waals surface area contributed by atoms with Gasteiger partial charge in [-0.25, -0.2) is 4.98 Å². The first-order valence-electron chi connectivity index (χ1n) is 6.93. The minimum Gasteiger partial charge on any atom is -0.369 e. The lowest BCUT2D eigenvalue weighted by molar-refractivity contribution is -0.117. The largest absolute Gasteiger partial charge is 0.369 e. The maximum Gasteiger partial charge on any atom is 0.262 e. The number of carbonyl (C=O) groups excluding carboxylic acids is 1. The molecule has 1 aromatic carbocycles. The summed E-state index contributed by atoms with van der Waals surface area (Å²) in [4.78, 5) is 28.5. The minimum absolute atomic E-state index is 0.0113. The van der Waals surface area contributed by atoms with Gasteiger partial charge in [0.25, 0.3) is 5.56 Å². The summed E-state index contributed by atoms with van der Waals surface area (Å²) < 4.78 is 1.66. The Balaban J connectivity index is 2.66. The van der Waals surface area contributed by atoms with Gasteiger partial charge in [-0.15, -0.1) is 0 Å². The molecule has 2 atom stereocenters. The average molecular weight is 305 g/mol. The number of aromatic nitrogens is 2. The summed E-state index contributed by atoms with van der Waals surface area (Å²) in [5.41, 5.74) is 5.88. The van der Waals surface area contributed by atoms with Gasteiger partial charge >= 0.3 is 0 Å². The fourth-order valence-corrected chi connectivity index (χ4v) is 2.96. The van der Waals surface area contributed by atoms with Gasteiger partial charge in [-0.05, 0) is 32.4 Å². The van der Waals surface area contributed by atoms with Gasteiger partial charge in [-0.1, -0.05) is 30.8 Å². The molecule has 21 heavy (non-hydrogen) atoms. The molecule has 112 valence electrons. The Labute approximate surface area is 127 Å². The Bertz CT molecular complexity index is 726. The first kappa shape index (κ1) is 15.6. The monoisotopic (exact) mass is 305 g/mol. The summed E-state index contributed by atoms with van der Waals surface area (Å²) in [6.45, 7) is 5.70. The highest BCUT2D eigenvalue weighted by atomic mass is 32.2. The molecule has 0 radical (unpaired) electrons. The zero-order valence-electron chi connectivity index (χ0n) is 12.4. The Kier molecular flexibility index (Phi) is 4.67. The second-order valence-corrected chi connectivity index (χ2v) is 6.31. The lowest BCUT2D eigenvalue weighted by Crippen LogP contribution is -2.28. The average Bonchev–Trinajstić information content (AvgIpc) is 2.46. The van der Waals surface area contributed by atoms with Gasteiger partial charge in [-0.2, -0.15) is 0 Å². The highest BCUT2D eigenvalue weighted by Gasteiger charge is 2.19. The van der Waals surface area contributed by atoms with Crippen LogP contribution in [0.25, 0.3) is 10.9 Å². The molecule has 0 saturated heterocycles. The Hall–Kier alpha value is -1.82. The lowest BCUT2D eigenvalue weighted by atomic mass is 10.2. The Morgan fingerprint density at radius 1 is 1.38 bits per heavy atom. The van der Waals surface area contributed by atoms with Gasteiger partial charge in [0.05, 0.1) is 16.2 Å². The third-order valence-electron chi connectivity index (χ3n) is 3.49. The van der Waals surface area contributed by atoms with Crippen LogP contribution in [0, 0.1) is 0 Å². The molecule has 0 fully saturated rings. The zero-order valence-corrected chi connectivity index (χ0v) is 13.2. The second-order valence-electron chi connectivity index (χ2n) is 5.01. The first-order chi connectivity index (χ1) is 9.95. The molecule has 2 rings (SSSR count). The molecule has 0 spiro atoms. The first-order valence-corrected chi connectivity index (χ1v) is 7.81. The Morgan fingerprint density at radius 2 is 2.05 bits per heavy atom. The van der Waals surface area contributed by atoms with E-state index in [0.717, 1.165) is 6.42 Å². The number of hydrogen-bond acceptors (Lipinski definition) is 4. The van der Waals surface area contributed by atoms with Crippen LogP contribution in [0.4, 0.5) is 0 Å². The van der Waals surface area contributed by atoms with Crippen LogP contribution in [0.5, 0.6) is 0 Å². The number of thioether (sulfide) groups is 1. The number of benzene rings is 1. The van der Waals surface area contributed by atoms with Crippen molar-refractivity contribution in [2.45, 2.75) is 43.6 Å². The van der Waals surface area contributed by atoms with E-state index < -0.39 is 11.2 Å². The van der Waals surface area contributed by atoms with Crippen LogP contribution in [0.3, 0.4) is 0 Å². The number of amides is 1.